The first-order valence-electron chi connectivity index (χ1n) is 15.2. The molecule has 3 N–H and O–H groups in total. The maximum absolute atomic E-state index is 13.8. The van der Waals surface area contributed by atoms with Crippen molar-refractivity contribution in [2.45, 2.75) is 80.2 Å². The second-order valence-corrected chi connectivity index (χ2v) is 14.1. The van der Waals surface area contributed by atoms with Gasteiger partial charge in [-0.3, -0.25) is 19.1 Å². The van der Waals surface area contributed by atoms with Gasteiger partial charge in [0.05, 0.1) is 11.8 Å². The number of carbonyl (C=O) groups excluding carboxylic acids is 4. The minimum absolute atomic E-state index is 0.0248. The molecule has 11 nitrogen and oxygen atoms in total. The van der Waals surface area contributed by atoms with Gasteiger partial charge in [-0.25, -0.2) is 9.00 Å². The number of benzene rings is 2. The second kappa shape index (κ2) is 12.9. The molecule has 1 heterocycles. The second-order valence-electron chi connectivity index (χ2n) is 12.6. The Bertz CT molecular complexity index is 1550. The Hall–Kier alpha value is -3.98. The van der Waals surface area contributed by atoms with Crippen LogP contribution in [0.4, 0.5) is 18.0 Å². The molecule has 15 heteroatoms. The van der Waals surface area contributed by atoms with Crippen molar-refractivity contribution in [2.24, 2.45) is 0 Å². The molecule has 3 fully saturated rings. The minimum atomic E-state index is -4.85. The summed E-state index contributed by atoms with van der Waals surface area (Å²) in [5.41, 5.74) is -2.71. The van der Waals surface area contributed by atoms with Crippen molar-refractivity contribution < 1.29 is 46.0 Å². The first-order valence-corrected chi connectivity index (χ1v) is 16.4. The summed E-state index contributed by atoms with van der Waals surface area (Å²) < 4.78 is 64.9. The fraction of sp³-hybridized carbons (Fsp3) is 0.500. The molecule has 2 aliphatic carbocycles. The van der Waals surface area contributed by atoms with Gasteiger partial charge >= 0.3 is 12.3 Å². The Labute approximate surface area is 272 Å². The zero-order chi connectivity index (χ0) is 34.2. The molecule has 2 aromatic rings. The Kier molecular flexibility index (Phi) is 9.43. The molecule has 5 rings (SSSR count). The number of methoxy groups -OCH3 is 1. The van der Waals surface area contributed by atoms with Gasteiger partial charge in [0, 0.05) is 13.5 Å². The van der Waals surface area contributed by atoms with Crippen LogP contribution in [0.15, 0.2) is 54.6 Å². The summed E-state index contributed by atoms with van der Waals surface area (Å²) in [5, 5.41) is 4.69. The molecular formula is C32H37F3N4O7S. The average molecular weight is 679 g/mol. The molecule has 3 atom stereocenters. The lowest BCUT2D eigenvalue weighted by Crippen LogP contribution is -2.56. The Balaban J connectivity index is 1.35. The number of ether oxygens (including phenoxy) is 2. The van der Waals surface area contributed by atoms with Crippen LogP contribution in [0, 0.1) is 0 Å². The maximum Gasteiger partial charge on any atom is 0.427 e. The third kappa shape index (κ3) is 7.45. The van der Waals surface area contributed by atoms with Crippen molar-refractivity contribution in [3.8, 4) is 11.1 Å². The SMILES string of the molecule is CO[C@@]1(c2ccc(-c3ccccc3)cc2)C[C@@H](C(=O)NC2(C(=O)NS(=O)C3CC3)CC2)N(C(=O)CNC(=O)OC(C)(C)C(F)(F)F)C1. The van der Waals surface area contributed by atoms with Crippen molar-refractivity contribution in [1.82, 2.24) is 20.3 Å². The number of hydrogen-bond donors (Lipinski definition) is 3. The van der Waals surface area contributed by atoms with Gasteiger partial charge < -0.3 is 25.0 Å². The minimum Gasteiger partial charge on any atom is -0.434 e. The van der Waals surface area contributed by atoms with Crippen LogP contribution >= 0.6 is 0 Å². The van der Waals surface area contributed by atoms with Gasteiger partial charge in [-0.2, -0.15) is 13.2 Å². The zero-order valence-electron chi connectivity index (χ0n) is 26.1. The van der Waals surface area contributed by atoms with Gasteiger partial charge in [-0.15, -0.1) is 0 Å². The van der Waals surface area contributed by atoms with Crippen LogP contribution in [-0.2, 0) is 40.4 Å². The van der Waals surface area contributed by atoms with Crippen LogP contribution in [0.1, 0.15) is 51.5 Å². The van der Waals surface area contributed by atoms with Gasteiger partial charge in [-0.1, -0.05) is 54.6 Å². The number of nitrogens with one attached hydrogen (secondary N) is 3. The molecule has 2 aromatic carbocycles. The fourth-order valence-electron chi connectivity index (χ4n) is 5.42. The van der Waals surface area contributed by atoms with Crippen LogP contribution in [0.3, 0.4) is 0 Å². The fourth-order valence-corrected chi connectivity index (χ4v) is 6.53. The molecule has 0 aromatic heterocycles. The monoisotopic (exact) mass is 678 g/mol. The van der Waals surface area contributed by atoms with E-state index in [1.165, 1.54) is 12.0 Å². The highest BCUT2D eigenvalue weighted by Gasteiger charge is 2.56. The van der Waals surface area contributed by atoms with Gasteiger partial charge in [0.15, 0.2) is 0 Å². The molecule has 2 saturated carbocycles. The number of halogens is 3. The van der Waals surface area contributed by atoms with Crippen molar-refractivity contribution >= 4 is 34.8 Å². The number of hydrogen-bond acceptors (Lipinski definition) is 7. The third-order valence-corrected chi connectivity index (χ3v) is 10.3. The van der Waals surface area contributed by atoms with Crippen molar-refractivity contribution in [3.05, 3.63) is 60.2 Å². The number of carbonyl (C=O) groups is 4. The van der Waals surface area contributed by atoms with E-state index in [-0.39, 0.29) is 18.2 Å². The molecule has 1 aliphatic heterocycles. The molecule has 0 bridgehead atoms. The Morgan fingerprint density at radius 1 is 0.979 bits per heavy atom. The lowest BCUT2D eigenvalue weighted by atomic mass is 9.89. The summed E-state index contributed by atoms with van der Waals surface area (Å²) in [6.07, 6.45) is -4.23. The summed E-state index contributed by atoms with van der Waals surface area (Å²) >= 11 is 0. The van der Waals surface area contributed by atoms with Crippen LogP contribution in [-0.4, -0.2) is 81.7 Å². The van der Waals surface area contributed by atoms with E-state index in [0.29, 0.717) is 32.3 Å². The van der Waals surface area contributed by atoms with E-state index in [1.54, 1.807) is 0 Å². The maximum atomic E-state index is 13.8. The number of alkyl carbamates (subject to hydrolysis) is 1. The smallest absolute Gasteiger partial charge is 0.427 e. The highest BCUT2D eigenvalue weighted by molar-refractivity contribution is 7.84. The predicted octanol–water partition coefficient (Wildman–Crippen LogP) is 3.45. The number of amides is 4. The topological polar surface area (TPSA) is 143 Å². The Morgan fingerprint density at radius 3 is 2.15 bits per heavy atom. The first-order chi connectivity index (χ1) is 22.1. The van der Waals surface area contributed by atoms with E-state index in [0.717, 1.165) is 24.0 Å². The lowest BCUT2D eigenvalue weighted by Gasteiger charge is -2.29. The van der Waals surface area contributed by atoms with Crippen LogP contribution in [0.2, 0.25) is 0 Å². The van der Waals surface area contributed by atoms with Crippen molar-refractivity contribution in [2.75, 3.05) is 20.2 Å². The van der Waals surface area contributed by atoms with Crippen LogP contribution in [0.25, 0.3) is 11.1 Å². The standard InChI is InChI=1S/C32H37F3N4O7S/c1-29(2,32(33,34)35)46-28(43)36-18-25(40)39-19-31(45-3,22-11-9-21(10-12-22)20-7-5-4-6-8-20)17-24(39)26(41)37-30(15-16-30)27(42)38-47(44)23-13-14-23/h4-12,23-24H,13-19H2,1-3H3,(H,36,43)(H,37,41)(H,38,42)/t24-,31-,47?/m0/s1. The zero-order valence-corrected chi connectivity index (χ0v) is 27.0. The quantitative estimate of drug-likeness (QED) is 0.331. The summed E-state index contributed by atoms with van der Waals surface area (Å²) in [6, 6.07) is 15.9. The first kappa shape index (κ1) is 34.4. The van der Waals surface area contributed by atoms with Gasteiger partial charge in [0.1, 0.15) is 34.7 Å². The molecule has 0 radical (unpaired) electrons. The van der Waals surface area contributed by atoms with E-state index in [2.05, 4.69) is 20.1 Å². The highest BCUT2D eigenvalue weighted by atomic mass is 32.2. The van der Waals surface area contributed by atoms with E-state index in [4.69, 9.17) is 4.74 Å². The highest BCUT2D eigenvalue weighted by Crippen LogP contribution is 2.42. The van der Waals surface area contributed by atoms with Crippen LogP contribution < -0.4 is 15.4 Å². The lowest BCUT2D eigenvalue weighted by molar-refractivity contribution is -0.243. The van der Waals surface area contributed by atoms with E-state index >= 15 is 0 Å². The number of alkyl halides is 3. The molecule has 4 amide bonds. The van der Waals surface area contributed by atoms with E-state index in [9.17, 15) is 36.6 Å². The average Bonchev–Trinajstić information content (AvgIpc) is 3.97. The summed E-state index contributed by atoms with van der Waals surface area (Å²) in [5.74, 6) is -2.02. The molecule has 47 heavy (non-hydrogen) atoms. The Morgan fingerprint density at radius 2 is 1.60 bits per heavy atom. The number of rotatable bonds is 11. The van der Waals surface area contributed by atoms with Gasteiger partial charge in [0.25, 0.3) is 5.91 Å². The number of likely N-dealkylation sites (tertiary alicyclic amines) is 1. The van der Waals surface area contributed by atoms with Crippen molar-refractivity contribution in [1.29, 1.82) is 0 Å². The normalized spacial score (nSPS) is 22.6. The van der Waals surface area contributed by atoms with Gasteiger partial charge in [0.2, 0.25) is 17.4 Å². The van der Waals surface area contributed by atoms with Crippen molar-refractivity contribution in [3.63, 3.8) is 0 Å². The third-order valence-electron chi connectivity index (χ3n) is 8.84. The van der Waals surface area contributed by atoms with Gasteiger partial charge in [-0.05, 0) is 56.2 Å². The summed E-state index contributed by atoms with van der Waals surface area (Å²) in [4.78, 5) is 53.7. The largest absolute Gasteiger partial charge is 0.434 e. The van der Waals surface area contributed by atoms with E-state index < -0.39 is 70.3 Å². The number of nitrogens with zero attached hydrogens (tertiary/aromatic N) is 1. The molecule has 0 spiro atoms. The van der Waals surface area contributed by atoms with E-state index in [1.807, 2.05) is 54.6 Å². The molecule has 1 saturated heterocycles. The molecule has 254 valence electrons. The summed E-state index contributed by atoms with van der Waals surface area (Å²) in [6.45, 7) is 0.445. The molecular weight excluding hydrogens is 641 g/mol. The molecule has 3 aliphatic rings. The molecule has 1 unspecified atom stereocenters. The van der Waals surface area contributed by atoms with Crippen LogP contribution in [0.5, 0.6) is 0 Å². The summed E-state index contributed by atoms with van der Waals surface area (Å²) in [7, 11) is -0.125. The predicted molar refractivity (Wildman–Crippen MR) is 165 cm³/mol.